The van der Waals surface area contributed by atoms with Crippen LogP contribution in [-0.4, -0.2) is 36.7 Å². The molecule has 0 bridgehead atoms. The van der Waals surface area contributed by atoms with Gasteiger partial charge in [0.25, 0.3) is 5.91 Å². The Morgan fingerprint density at radius 3 is 2.34 bits per heavy atom. The summed E-state index contributed by atoms with van der Waals surface area (Å²) in [5, 5.41) is 14.6. The molecule has 0 fully saturated rings. The van der Waals surface area contributed by atoms with Gasteiger partial charge in [-0.1, -0.05) is 36.4 Å². The molecular weight excluding hydrogens is 496 g/mol. The van der Waals surface area contributed by atoms with Crippen LogP contribution in [0.4, 0.5) is 0 Å². The van der Waals surface area contributed by atoms with Gasteiger partial charge in [0, 0.05) is 35.0 Å². The van der Waals surface area contributed by atoms with Crippen molar-refractivity contribution in [1.82, 2.24) is 10.3 Å². The smallest absolute Gasteiger partial charge is 0.252 e. The van der Waals surface area contributed by atoms with E-state index in [0.29, 0.717) is 11.1 Å². The molecule has 1 heterocycles. The predicted octanol–water partition coefficient (Wildman–Crippen LogP) is 5.60. The molecule has 6 nitrogen and oxygen atoms in total. The van der Waals surface area contributed by atoms with Crippen LogP contribution in [0, 0.1) is 0 Å². The molecule has 0 saturated heterocycles. The minimum atomic E-state index is -3.36. The van der Waals surface area contributed by atoms with Crippen LogP contribution in [0.15, 0.2) is 83.9 Å². The average molecular weight is 529 g/mol. The van der Waals surface area contributed by atoms with E-state index in [1.807, 2.05) is 62.4 Å². The molecule has 0 spiro atoms. The fourth-order valence-corrected chi connectivity index (χ4v) is 4.86. The maximum absolute atomic E-state index is 13.2. The lowest BCUT2D eigenvalue weighted by atomic mass is 9.91. The van der Waals surface area contributed by atoms with Gasteiger partial charge in [0.15, 0.2) is 9.84 Å². The first-order chi connectivity index (χ1) is 17.8. The van der Waals surface area contributed by atoms with E-state index in [9.17, 15) is 18.3 Å². The quantitative estimate of drug-likeness (QED) is 0.241. The molecule has 3 aromatic carbocycles. The van der Waals surface area contributed by atoms with E-state index in [4.69, 9.17) is 0 Å². The fourth-order valence-electron chi connectivity index (χ4n) is 4.23. The second kappa shape index (κ2) is 10.5. The van der Waals surface area contributed by atoms with Gasteiger partial charge < -0.3 is 10.4 Å². The summed E-state index contributed by atoms with van der Waals surface area (Å²) in [6.07, 6.45) is 4.70. The normalized spacial score (nSPS) is 12.7. The van der Waals surface area contributed by atoms with E-state index in [1.165, 1.54) is 12.1 Å². The maximum Gasteiger partial charge on any atom is 0.252 e. The van der Waals surface area contributed by atoms with Gasteiger partial charge in [0.1, 0.15) is 0 Å². The number of fused-ring (bicyclic) bond motifs is 1. The van der Waals surface area contributed by atoms with E-state index in [2.05, 4.69) is 10.3 Å². The Bertz CT molecular complexity index is 1630. The molecule has 4 aromatic rings. The van der Waals surface area contributed by atoms with Gasteiger partial charge in [-0.15, -0.1) is 0 Å². The topological polar surface area (TPSA) is 96.4 Å². The fraction of sp³-hybridized carbons (Fsp3) is 0.226. The number of rotatable bonds is 7. The summed E-state index contributed by atoms with van der Waals surface area (Å²) in [4.78, 5) is 18.0. The highest BCUT2D eigenvalue weighted by Gasteiger charge is 2.20. The van der Waals surface area contributed by atoms with E-state index in [0.717, 1.165) is 39.4 Å². The van der Waals surface area contributed by atoms with Crippen molar-refractivity contribution in [2.24, 2.45) is 0 Å². The number of aromatic nitrogens is 1. The van der Waals surface area contributed by atoms with Crippen LogP contribution in [0.3, 0.4) is 0 Å². The average Bonchev–Trinajstić information content (AvgIpc) is 2.85. The van der Waals surface area contributed by atoms with Crippen molar-refractivity contribution < 1.29 is 18.3 Å². The molecule has 1 amide bonds. The molecule has 196 valence electrons. The SMILES string of the molecule is CC(C)NC(=O)/C(=C\c1cccc(-c2cc(C(C)(C)O)cc3cccnc23)c1)c1ccc(S(C)(=O)=O)cc1. The molecule has 0 atom stereocenters. The van der Waals surface area contributed by atoms with Crippen LogP contribution < -0.4 is 5.32 Å². The molecule has 1 aromatic heterocycles. The second-order valence-corrected chi connectivity index (χ2v) is 12.3. The summed E-state index contributed by atoms with van der Waals surface area (Å²) in [6, 6.07) is 21.8. The molecule has 4 rings (SSSR count). The molecule has 7 heteroatoms. The van der Waals surface area contributed by atoms with Crippen LogP contribution in [0.2, 0.25) is 0 Å². The summed E-state index contributed by atoms with van der Waals surface area (Å²) in [5.74, 6) is -0.256. The Labute approximate surface area is 224 Å². The molecule has 0 aliphatic heterocycles. The van der Waals surface area contributed by atoms with Gasteiger partial charge in [-0.05, 0) is 92.4 Å². The highest BCUT2D eigenvalue weighted by molar-refractivity contribution is 7.90. The summed E-state index contributed by atoms with van der Waals surface area (Å²) < 4.78 is 23.8. The largest absolute Gasteiger partial charge is 0.386 e. The third-order valence-electron chi connectivity index (χ3n) is 6.18. The number of sulfone groups is 1. The number of nitrogens with one attached hydrogen (secondary N) is 1. The Morgan fingerprint density at radius 2 is 1.71 bits per heavy atom. The Balaban J connectivity index is 1.85. The zero-order valence-corrected chi connectivity index (χ0v) is 23.0. The molecule has 2 N–H and O–H groups in total. The zero-order chi connectivity index (χ0) is 27.7. The molecule has 0 aliphatic carbocycles. The van der Waals surface area contributed by atoms with Crippen LogP contribution >= 0.6 is 0 Å². The highest BCUT2D eigenvalue weighted by atomic mass is 32.2. The maximum atomic E-state index is 13.2. The number of aliphatic hydroxyl groups is 1. The van der Waals surface area contributed by atoms with Crippen molar-refractivity contribution in [3.8, 4) is 11.1 Å². The lowest BCUT2D eigenvalue weighted by molar-refractivity contribution is -0.116. The standard InChI is InChI=1S/C31H32N2O4S/c1-20(2)33-30(34)28(22-11-13-26(14-12-22)38(5,36)37)17-21-8-6-9-23(16-21)27-19-25(31(3,4)35)18-24-10-7-15-32-29(24)27/h6-20,35H,1-5H3,(H,33,34)/b28-17-. The van der Waals surface area contributed by atoms with E-state index in [-0.39, 0.29) is 16.8 Å². The van der Waals surface area contributed by atoms with Crippen molar-refractivity contribution in [2.45, 2.75) is 44.2 Å². The third kappa shape index (κ3) is 6.18. The number of carbonyl (C=O) groups is 1. The molecule has 0 unspecified atom stereocenters. The lowest BCUT2D eigenvalue weighted by Crippen LogP contribution is -2.30. The van der Waals surface area contributed by atoms with E-state index >= 15 is 0 Å². The minimum Gasteiger partial charge on any atom is -0.386 e. The lowest BCUT2D eigenvalue weighted by Gasteiger charge is -2.20. The van der Waals surface area contributed by atoms with Gasteiger partial charge >= 0.3 is 0 Å². The summed E-state index contributed by atoms with van der Waals surface area (Å²) in [7, 11) is -3.36. The number of nitrogens with zero attached hydrogens (tertiary/aromatic N) is 1. The number of pyridine rings is 1. The molecular formula is C31H32N2O4S. The van der Waals surface area contributed by atoms with E-state index in [1.54, 1.807) is 38.3 Å². The first kappa shape index (κ1) is 27.2. The van der Waals surface area contributed by atoms with Gasteiger partial charge in [0.05, 0.1) is 16.0 Å². The number of hydrogen-bond acceptors (Lipinski definition) is 5. The van der Waals surface area contributed by atoms with Crippen LogP contribution in [-0.2, 0) is 20.2 Å². The van der Waals surface area contributed by atoms with Gasteiger partial charge in [-0.3, -0.25) is 9.78 Å². The number of benzene rings is 3. The number of hydrogen-bond donors (Lipinski definition) is 2. The van der Waals surface area contributed by atoms with E-state index < -0.39 is 15.4 Å². The van der Waals surface area contributed by atoms with Gasteiger partial charge in [-0.25, -0.2) is 8.42 Å². The van der Waals surface area contributed by atoms with Crippen molar-refractivity contribution in [3.63, 3.8) is 0 Å². The van der Waals surface area contributed by atoms with Crippen LogP contribution in [0.25, 0.3) is 33.7 Å². The van der Waals surface area contributed by atoms with Crippen molar-refractivity contribution >= 4 is 38.3 Å². The van der Waals surface area contributed by atoms with Crippen molar-refractivity contribution in [3.05, 3.63) is 95.7 Å². The Kier molecular flexibility index (Phi) is 7.54. The summed E-state index contributed by atoms with van der Waals surface area (Å²) in [6.45, 7) is 7.28. The van der Waals surface area contributed by atoms with Crippen LogP contribution in [0.1, 0.15) is 44.4 Å². The molecule has 38 heavy (non-hydrogen) atoms. The number of amides is 1. The summed E-state index contributed by atoms with van der Waals surface area (Å²) >= 11 is 0. The summed E-state index contributed by atoms with van der Waals surface area (Å²) in [5.41, 5.74) is 4.15. The zero-order valence-electron chi connectivity index (χ0n) is 22.2. The van der Waals surface area contributed by atoms with Crippen LogP contribution in [0.5, 0.6) is 0 Å². The minimum absolute atomic E-state index is 0.0745. The second-order valence-electron chi connectivity index (χ2n) is 10.3. The first-order valence-electron chi connectivity index (χ1n) is 12.4. The first-order valence-corrected chi connectivity index (χ1v) is 14.3. The molecule has 0 saturated carbocycles. The molecule has 0 aliphatic rings. The molecule has 0 radical (unpaired) electrons. The third-order valence-corrected chi connectivity index (χ3v) is 7.31. The predicted molar refractivity (Wildman–Crippen MR) is 153 cm³/mol. The Hall–Kier alpha value is -3.81. The highest BCUT2D eigenvalue weighted by Crippen LogP contribution is 2.33. The van der Waals surface area contributed by atoms with Gasteiger partial charge in [-0.2, -0.15) is 0 Å². The Morgan fingerprint density at radius 1 is 1.00 bits per heavy atom. The number of carbonyl (C=O) groups excluding carboxylic acids is 1. The van der Waals surface area contributed by atoms with Crippen molar-refractivity contribution in [1.29, 1.82) is 0 Å². The monoisotopic (exact) mass is 528 g/mol. The van der Waals surface area contributed by atoms with Gasteiger partial charge in [0.2, 0.25) is 0 Å². The van der Waals surface area contributed by atoms with Crippen molar-refractivity contribution in [2.75, 3.05) is 6.26 Å².